The van der Waals surface area contributed by atoms with Crippen molar-refractivity contribution in [2.24, 2.45) is 0 Å². The number of amides is 3. The van der Waals surface area contributed by atoms with Gasteiger partial charge >= 0.3 is 6.03 Å². The number of benzene rings is 1. The van der Waals surface area contributed by atoms with Gasteiger partial charge in [-0.05, 0) is 38.5 Å². The first-order chi connectivity index (χ1) is 12.9. The molecule has 3 aromatic rings. The smallest absolute Gasteiger partial charge is 0.325 e. The Labute approximate surface area is 160 Å². The molecular weight excluding hydrogens is 362 g/mol. The number of carbonyl (C=O) groups excluding carboxylic acids is 2. The Morgan fingerprint density at radius 3 is 2.56 bits per heavy atom. The number of thiazole rings is 1. The highest BCUT2D eigenvalue weighted by Crippen LogP contribution is 2.31. The third kappa shape index (κ3) is 3.04. The fraction of sp³-hybridized carbons (Fsp3) is 0.250. The second-order valence-corrected chi connectivity index (χ2v) is 7.72. The van der Waals surface area contributed by atoms with Gasteiger partial charge in [-0.1, -0.05) is 29.8 Å². The second-order valence-electron chi connectivity index (χ2n) is 6.87. The van der Waals surface area contributed by atoms with Crippen molar-refractivity contribution in [2.45, 2.75) is 32.9 Å². The summed E-state index contributed by atoms with van der Waals surface area (Å²) in [6.45, 7) is 5.71. The minimum atomic E-state index is -1.07. The van der Waals surface area contributed by atoms with Crippen LogP contribution in [0.1, 0.15) is 29.5 Å². The van der Waals surface area contributed by atoms with Crippen LogP contribution in [0.3, 0.4) is 0 Å². The molecule has 1 aromatic carbocycles. The Morgan fingerprint density at radius 1 is 1.15 bits per heavy atom. The van der Waals surface area contributed by atoms with E-state index in [4.69, 9.17) is 4.42 Å². The Hall–Kier alpha value is -2.93. The fourth-order valence-electron chi connectivity index (χ4n) is 3.13. The summed E-state index contributed by atoms with van der Waals surface area (Å²) in [7, 11) is 0. The summed E-state index contributed by atoms with van der Waals surface area (Å²) in [6.07, 6.45) is 0. The van der Waals surface area contributed by atoms with E-state index in [9.17, 15) is 9.59 Å². The summed E-state index contributed by atoms with van der Waals surface area (Å²) >= 11 is 1.43. The third-order valence-corrected chi connectivity index (χ3v) is 5.63. The third-order valence-electron chi connectivity index (χ3n) is 4.73. The average molecular weight is 381 g/mol. The highest BCUT2D eigenvalue weighted by molar-refractivity contribution is 7.13. The van der Waals surface area contributed by atoms with E-state index in [-0.39, 0.29) is 12.5 Å². The van der Waals surface area contributed by atoms with Crippen molar-refractivity contribution in [3.63, 3.8) is 0 Å². The van der Waals surface area contributed by atoms with Gasteiger partial charge in [0, 0.05) is 5.38 Å². The molecule has 1 unspecified atom stereocenters. The highest BCUT2D eigenvalue weighted by Gasteiger charge is 2.49. The zero-order valence-corrected chi connectivity index (χ0v) is 16.1. The van der Waals surface area contributed by atoms with E-state index >= 15 is 0 Å². The molecule has 6 nitrogen and oxygen atoms in total. The maximum absolute atomic E-state index is 13.0. The van der Waals surface area contributed by atoms with Crippen molar-refractivity contribution in [2.75, 3.05) is 0 Å². The minimum Gasteiger partial charge on any atom is -0.459 e. The monoisotopic (exact) mass is 381 g/mol. The lowest BCUT2D eigenvalue weighted by atomic mass is 9.91. The maximum atomic E-state index is 13.0. The largest absolute Gasteiger partial charge is 0.459 e. The molecule has 1 N–H and O–H groups in total. The summed E-state index contributed by atoms with van der Waals surface area (Å²) < 4.78 is 5.58. The predicted octanol–water partition coefficient (Wildman–Crippen LogP) is 3.99. The molecule has 2 aromatic heterocycles. The number of rotatable bonds is 4. The molecule has 1 aliphatic heterocycles. The summed E-state index contributed by atoms with van der Waals surface area (Å²) in [4.78, 5) is 31.2. The Bertz CT molecular complexity index is 1020. The van der Waals surface area contributed by atoms with Gasteiger partial charge in [-0.15, -0.1) is 11.3 Å². The number of carbonyl (C=O) groups is 2. The molecule has 4 rings (SSSR count). The number of aromatic nitrogens is 1. The van der Waals surface area contributed by atoms with Crippen molar-refractivity contribution in [3.8, 4) is 10.8 Å². The quantitative estimate of drug-likeness (QED) is 0.694. The van der Waals surface area contributed by atoms with Crippen LogP contribution in [0.2, 0.25) is 0 Å². The van der Waals surface area contributed by atoms with Gasteiger partial charge in [0.1, 0.15) is 11.3 Å². The van der Waals surface area contributed by atoms with E-state index in [1.54, 1.807) is 6.92 Å². The first-order valence-corrected chi connectivity index (χ1v) is 9.47. The Morgan fingerprint density at radius 2 is 1.89 bits per heavy atom. The van der Waals surface area contributed by atoms with Crippen LogP contribution in [0, 0.1) is 13.8 Å². The minimum absolute atomic E-state index is 0.127. The molecule has 1 atom stereocenters. The molecule has 1 aliphatic rings. The number of urea groups is 1. The van der Waals surface area contributed by atoms with Crippen LogP contribution in [-0.4, -0.2) is 21.8 Å². The second kappa shape index (κ2) is 6.35. The van der Waals surface area contributed by atoms with E-state index in [0.717, 1.165) is 21.9 Å². The SMILES string of the molecule is Cc1ccc(C2(C)NC(=O)N(Cc3csc(-c4ccc(C)o4)n3)C2=O)cc1. The van der Waals surface area contributed by atoms with Crippen LogP contribution < -0.4 is 5.32 Å². The zero-order valence-electron chi connectivity index (χ0n) is 15.3. The van der Waals surface area contributed by atoms with Crippen molar-refractivity contribution in [1.29, 1.82) is 0 Å². The molecule has 138 valence electrons. The number of nitrogens with one attached hydrogen (secondary N) is 1. The normalized spacial score (nSPS) is 19.6. The molecule has 0 saturated carbocycles. The molecule has 1 fully saturated rings. The lowest BCUT2D eigenvalue weighted by Crippen LogP contribution is -2.40. The lowest BCUT2D eigenvalue weighted by Gasteiger charge is -2.22. The zero-order chi connectivity index (χ0) is 19.2. The van der Waals surface area contributed by atoms with Gasteiger partial charge in [-0.3, -0.25) is 9.69 Å². The highest BCUT2D eigenvalue weighted by atomic mass is 32.1. The molecule has 0 radical (unpaired) electrons. The molecule has 0 bridgehead atoms. The Balaban J connectivity index is 1.56. The van der Waals surface area contributed by atoms with E-state index in [2.05, 4.69) is 10.3 Å². The van der Waals surface area contributed by atoms with Gasteiger partial charge in [-0.2, -0.15) is 0 Å². The van der Waals surface area contributed by atoms with Gasteiger partial charge in [0.2, 0.25) is 0 Å². The van der Waals surface area contributed by atoms with Crippen molar-refractivity contribution < 1.29 is 14.0 Å². The molecule has 1 saturated heterocycles. The Kier molecular flexibility index (Phi) is 4.11. The fourth-order valence-corrected chi connectivity index (χ4v) is 3.90. The van der Waals surface area contributed by atoms with Gasteiger partial charge in [-0.25, -0.2) is 9.78 Å². The number of hydrogen-bond acceptors (Lipinski definition) is 5. The summed E-state index contributed by atoms with van der Waals surface area (Å²) in [5, 5.41) is 5.39. The van der Waals surface area contributed by atoms with Crippen LogP contribution in [-0.2, 0) is 16.9 Å². The number of imide groups is 1. The molecule has 0 aliphatic carbocycles. The first-order valence-electron chi connectivity index (χ1n) is 8.59. The van der Waals surface area contributed by atoms with Gasteiger partial charge < -0.3 is 9.73 Å². The number of aryl methyl sites for hydroxylation is 2. The standard InChI is InChI=1S/C20H19N3O3S/c1-12-4-7-14(8-5-12)20(3)18(24)23(19(25)22-20)10-15-11-27-17(21-15)16-9-6-13(2)26-16/h4-9,11H,10H2,1-3H3,(H,22,25). The van der Waals surface area contributed by atoms with Crippen LogP contribution >= 0.6 is 11.3 Å². The van der Waals surface area contributed by atoms with Crippen molar-refractivity contribution >= 4 is 23.3 Å². The van der Waals surface area contributed by atoms with Crippen LogP contribution in [0.5, 0.6) is 0 Å². The molecule has 0 spiro atoms. The van der Waals surface area contributed by atoms with E-state index in [1.165, 1.54) is 16.2 Å². The maximum Gasteiger partial charge on any atom is 0.325 e. The van der Waals surface area contributed by atoms with E-state index < -0.39 is 11.6 Å². The number of furan rings is 1. The van der Waals surface area contributed by atoms with Crippen molar-refractivity contribution in [1.82, 2.24) is 15.2 Å². The van der Waals surface area contributed by atoms with Crippen LogP contribution in [0.25, 0.3) is 10.8 Å². The van der Waals surface area contributed by atoms with Crippen LogP contribution in [0.15, 0.2) is 46.2 Å². The summed E-state index contributed by atoms with van der Waals surface area (Å²) in [6, 6.07) is 10.9. The first kappa shape index (κ1) is 17.5. The summed E-state index contributed by atoms with van der Waals surface area (Å²) in [5.41, 5.74) is 1.45. The topological polar surface area (TPSA) is 75.4 Å². The average Bonchev–Trinajstić information content (AvgIpc) is 3.32. The van der Waals surface area contributed by atoms with E-state index in [1.807, 2.05) is 55.6 Å². The van der Waals surface area contributed by atoms with Gasteiger partial charge in [0.25, 0.3) is 5.91 Å². The number of hydrogen-bond donors (Lipinski definition) is 1. The molecule has 3 heterocycles. The molecular formula is C20H19N3O3S. The lowest BCUT2D eigenvalue weighted by molar-refractivity contribution is -0.131. The van der Waals surface area contributed by atoms with Crippen LogP contribution in [0.4, 0.5) is 4.79 Å². The molecule has 3 amide bonds. The summed E-state index contributed by atoms with van der Waals surface area (Å²) in [5.74, 6) is 1.22. The van der Waals surface area contributed by atoms with Gasteiger partial charge in [0.15, 0.2) is 10.8 Å². The molecule has 27 heavy (non-hydrogen) atoms. The van der Waals surface area contributed by atoms with Crippen molar-refractivity contribution in [3.05, 3.63) is 64.4 Å². The molecule has 7 heteroatoms. The van der Waals surface area contributed by atoms with E-state index in [0.29, 0.717) is 11.5 Å². The predicted molar refractivity (Wildman–Crippen MR) is 102 cm³/mol. The van der Waals surface area contributed by atoms with Gasteiger partial charge in [0.05, 0.1) is 12.2 Å². The number of nitrogens with zero attached hydrogens (tertiary/aromatic N) is 2.